The topological polar surface area (TPSA) is 34.2 Å². The van der Waals surface area contributed by atoms with E-state index in [1.54, 1.807) is 0 Å². The second kappa shape index (κ2) is 3.51. The summed E-state index contributed by atoms with van der Waals surface area (Å²) in [6.07, 6.45) is 1.91. The van der Waals surface area contributed by atoms with Crippen molar-refractivity contribution in [2.24, 2.45) is 0 Å². The van der Waals surface area contributed by atoms with Crippen LogP contribution in [0.3, 0.4) is 0 Å². The molecule has 2 rings (SSSR count). The molecule has 0 unspecified atom stereocenters. The first-order valence-electron chi connectivity index (χ1n) is 5.55. The molecule has 3 nitrogen and oxygen atoms in total. The number of hydrogen-bond acceptors (Lipinski definition) is 3. The van der Waals surface area contributed by atoms with Crippen molar-refractivity contribution in [2.75, 3.05) is 5.32 Å². The SMILES string of the molecule is C=C1Nc2ncc(C(C)C)cc2C(C)(C)O1. The van der Waals surface area contributed by atoms with Gasteiger partial charge in [-0.2, -0.15) is 0 Å². The van der Waals surface area contributed by atoms with Crippen molar-refractivity contribution in [3.63, 3.8) is 0 Å². The molecule has 1 aliphatic heterocycles. The van der Waals surface area contributed by atoms with E-state index in [2.05, 4.69) is 36.8 Å². The minimum absolute atomic E-state index is 0.366. The molecule has 3 heteroatoms. The summed E-state index contributed by atoms with van der Waals surface area (Å²) in [5.74, 6) is 1.88. The lowest BCUT2D eigenvalue weighted by Gasteiger charge is -2.34. The zero-order valence-corrected chi connectivity index (χ0v) is 10.3. The standard InChI is InChI=1S/C13H18N2O/c1-8(2)10-6-11-12(14-7-10)15-9(3)16-13(11,4)5/h6-8H,3H2,1-2,4-5H3,(H,14,15). The summed E-state index contributed by atoms with van der Waals surface area (Å²) < 4.78 is 5.69. The molecule has 0 bridgehead atoms. The van der Waals surface area contributed by atoms with Crippen LogP contribution in [0.15, 0.2) is 24.7 Å². The number of fused-ring (bicyclic) bond motifs is 1. The lowest BCUT2D eigenvalue weighted by atomic mass is 9.93. The fraction of sp³-hybridized carbons (Fsp3) is 0.462. The lowest BCUT2D eigenvalue weighted by molar-refractivity contribution is 0.0291. The highest BCUT2D eigenvalue weighted by atomic mass is 16.5. The van der Waals surface area contributed by atoms with Crippen LogP contribution in [-0.2, 0) is 10.3 Å². The third-order valence-electron chi connectivity index (χ3n) is 2.86. The molecule has 0 aromatic carbocycles. The van der Waals surface area contributed by atoms with Crippen LogP contribution in [0.2, 0.25) is 0 Å². The van der Waals surface area contributed by atoms with Gasteiger partial charge in [-0.15, -0.1) is 0 Å². The predicted octanol–water partition coefficient (Wildman–Crippen LogP) is 3.35. The zero-order chi connectivity index (χ0) is 11.9. The molecule has 0 saturated carbocycles. The Bertz CT molecular complexity index is 436. The Morgan fingerprint density at radius 3 is 2.75 bits per heavy atom. The summed E-state index contributed by atoms with van der Waals surface area (Å²) in [4.78, 5) is 4.43. The first kappa shape index (κ1) is 11.0. The number of nitrogens with one attached hydrogen (secondary N) is 1. The van der Waals surface area contributed by atoms with Crippen molar-refractivity contribution in [1.82, 2.24) is 4.98 Å². The second-order valence-corrected chi connectivity index (χ2v) is 4.98. The van der Waals surface area contributed by atoms with Gasteiger partial charge in [-0.25, -0.2) is 4.98 Å². The summed E-state index contributed by atoms with van der Waals surface area (Å²) in [6, 6.07) is 2.16. The lowest BCUT2D eigenvalue weighted by Crippen LogP contribution is -2.30. The number of hydrogen-bond donors (Lipinski definition) is 1. The molecule has 0 saturated heterocycles. The molecule has 1 aliphatic rings. The maximum atomic E-state index is 5.69. The fourth-order valence-corrected chi connectivity index (χ4v) is 1.88. The van der Waals surface area contributed by atoms with E-state index in [0.717, 1.165) is 11.4 Å². The normalized spacial score (nSPS) is 17.7. The van der Waals surface area contributed by atoms with Gasteiger partial charge >= 0.3 is 0 Å². The van der Waals surface area contributed by atoms with E-state index in [0.29, 0.717) is 11.8 Å². The van der Waals surface area contributed by atoms with Crippen LogP contribution in [0.5, 0.6) is 0 Å². The van der Waals surface area contributed by atoms with Crippen LogP contribution in [0.25, 0.3) is 0 Å². The van der Waals surface area contributed by atoms with Crippen molar-refractivity contribution >= 4 is 5.82 Å². The maximum Gasteiger partial charge on any atom is 0.185 e. The molecule has 0 amide bonds. The minimum atomic E-state index is -0.366. The van der Waals surface area contributed by atoms with E-state index >= 15 is 0 Å². The van der Waals surface area contributed by atoms with Gasteiger partial charge in [0.15, 0.2) is 5.88 Å². The van der Waals surface area contributed by atoms with Crippen LogP contribution in [0.1, 0.15) is 44.7 Å². The summed E-state index contributed by atoms with van der Waals surface area (Å²) in [5.41, 5.74) is 1.95. The van der Waals surface area contributed by atoms with Gasteiger partial charge < -0.3 is 10.1 Å². The molecule has 1 aromatic heterocycles. The van der Waals surface area contributed by atoms with Crippen LogP contribution in [0, 0.1) is 0 Å². The first-order chi connectivity index (χ1) is 7.40. The molecule has 0 spiro atoms. The fourth-order valence-electron chi connectivity index (χ4n) is 1.88. The van der Waals surface area contributed by atoms with Crippen molar-refractivity contribution in [1.29, 1.82) is 0 Å². The quantitative estimate of drug-likeness (QED) is 0.784. The van der Waals surface area contributed by atoms with E-state index in [4.69, 9.17) is 4.74 Å². The third kappa shape index (κ3) is 1.77. The zero-order valence-electron chi connectivity index (χ0n) is 10.3. The van der Waals surface area contributed by atoms with Gasteiger partial charge in [-0.3, -0.25) is 0 Å². The number of ether oxygens (including phenoxy) is 1. The molecule has 0 fully saturated rings. The minimum Gasteiger partial charge on any atom is -0.469 e. The Morgan fingerprint density at radius 2 is 2.12 bits per heavy atom. The Morgan fingerprint density at radius 1 is 1.44 bits per heavy atom. The summed E-state index contributed by atoms with van der Waals surface area (Å²) in [7, 11) is 0. The van der Waals surface area contributed by atoms with Crippen LogP contribution < -0.4 is 5.32 Å². The van der Waals surface area contributed by atoms with Gasteiger partial charge in [0.2, 0.25) is 0 Å². The molecule has 86 valence electrons. The molecular formula is C13H18N2O. The monoisotopic (exact) mass is 218 g/mol. The number of anilines is 1. The summed E-state index contributed by atoms with van der Waals surface area (Å²) in [5, 5.41) is 3.05. The molecule has 16 heavy (non-hydrogen) atoms. The van der Waals surface area contributed by atoms with Crippen LogP contribution >= 0.6 is 0 Å². The highest BCUT2D eigenvalue weighted by Gasteiger charge is 2.32. The van der Waals surface area contributed by atoms with Gasteiger partial charge in [0.1, 0.15) is 11.4 Å². The smallest absolute Gasteiger partial charge is 0.185 e. The van der Waals surface area contributed by atoms with Gasteiger partial charge in [-0.1, -0.05) is 13.8 Å². The van der Waals surface area contributed by atoms with Crippen molar-refractivity contribution in [3.05, 3.63) is 35.9 Å². The average Bonchev–Trinajstić information content (AvgIpc) is 2.15. The van der Waals surface area contributed by atoms with E-state index in [9.17, 15) is 0 Å². The maximum absolute atomic E-state index is 5.69. The van der Waals surface area contributed by atoms with E-state index in [-0.39, 0.29) is 5.60 Å². The highest BCUT2D eigenvalue weighted by molar-refractivity contribution is 5.53. The Hall–Kier alpha value is -1.51. The Labute approximate surface area is 96.5 Å². The summed E-state index contributed by atoms with van der Waals surface area (Å²) >= 11 is 0. The van der Waals surface area contributed by atoms with E-state index in [1.807, 2.05) is 20.0 Å². The van der Waals surface area contributed by atoms with Gasteiger partial charge in [0, 0.05) is 11.8 Å². The molecular weight excluding hydrogens is 200 g/mol. The Balaban J connectivity index is 2.52. The van der Waals surface area contributed by atoms with Crippen molar-refractivity contribution in [3.8, 4) is 0 Å². The highest BCUT2D eigenvalue weighted by Crippen LogP contribution is 2.37. The second-order valence-electron chi connectivity index (χ2n) is 4.98. The molecule has 0 atom stereocenters. The molecule has 0 aliphatic carbocycles. The van der Waals surface area contributed by atoms with Crippen LogP contribution in [-0.4, -0.2) is 4.98 Å². The van der Waals surface area contributed by atoms with Crippen LogP contribution in [0.4, 0.5) is 5.82 Å². The van der Waals surface area contributed by atoms with Gasteiger partial charge in [-0.05, 0) is 38.0 Å². The number of rotatable bonds is 1. The molecule has 1 N–H and O–H groups in total. The predicted molar refractivity (Wildman–Crippen MR) is 65.2 cm³/mol. The largest absolute Gasteiger partial charge is 0.469 e. The first-order valence-corrected chi connectivity index (χ1v) is 5.55. The van der Waals surface area contributed by atoms with E-state index in [1.165, 1.54) is 5.56 Å². The van der Waals surface area contributed by atoms with E-state index < -0.39 is 0 Å². The van der Waals surface area contributed by atoms with Gasteiger partial charge in [0.05, 0.1) is 0 Å². The number of nitrogens with zero attached hydrogens (tertiary/aromatic N) is 1. The number of aromatic nitrogens is 1. The molecule has 2 heterocycles. The molecule has 1 aromatic rings. The van der Waals surface area contributed by atoms with Gasteiger partial charge in [0.25, 0.3) is 0 Å². The summed E-state index contributed by atoms with van der Waals surface area (Å²) in [6.45, 7) is 12.2. The molecule has 0 radical (unpaired) electrons. The average molecular weight is 218 g/mol. The Kier molecular flexibility index (Phi) is 2.41. The van der Waals surface area contributed by atoms with Crippen molar-refractivity contribution < 1.29 is 4.74 Å². The number of pyridine rings is 1. The van der Waals surface area contributed by atoms with Crippen molar-refractivity contribution in [2.45, 2.75) is 39.2 Å². The third-order valence-corrected chi connectivity index (χ3v) is 2.86.